The molecule has 6 nitrogen and oxygen atoms in total. The van der Waals surface area contributed by atoms with E-state index in [0.29, 0.717) is 17.3 Å². The number of pyridine rings is 1. The number of nitrogens with zero attached hydrogens (tertiary/aromatic N) is 3. The van der Waals surface area contributed by atoms with Gasteiger partial charge >= 0.3 is 0 Å². The molecule has 0 spiro atoms. The smallest absolute Gasteiger partial charge is 0.275 e. The number of hydrogen-bond donors (Lipinski definition) is 1. The fraction of sp³-hybridized carbons (Fsp3) is 0.188. The van der Waals surface area contributed by atoms with Crippen LogP contribution in [0.5, 0.6) is 5.88 Å². The number of rotatable bonds is 5. The molecule has 118 valence electrons. The van der Waals surface area contributed by atoms with E-state index < -0.39 is 0 Å². The first-order valence-corrected chi connectivity index (χ1v) is 7.98. The molecule has 3 heterocycles. The van der Waals surface area contributed by atoms with E-state index in [0.717, 1.165) is 16.4 Å². The third kappa shape index (κ3) is 3.09. The molecule has 3 rings (SSSR count). The van der Waals surface area contributed by atoms with Gasteiger partial charge in [-0.25, -0.2) is 9.97 Å². The number of aryl methyl sites for hydroxylation is 1. The van der Waals surface area contributed by atoms with Gasteiger partial charge in [0.1, 0.15) is 11.4 Å². The Morgan fingerprint density at radius 3 is 2.83 bits per heavy atom. The first kappa shape index (κ1) is 15.2. The predicted molar refractivity (Wildman–Crippen MR) is 89.6 cm³/mol. The van der Waals surface area contributed by atoms with Gasteiger partial charge in [-0.15, -0.1) is 11.3 Å². The fourth-order valence-corrected chi connectivity index (χ4v) is 3.12. The number of amides is 1. The van der Waals surface area contributed by atoms with Gasteiger partial charge in [-0.3, -0.25) is 4.79 Å². The molecule has 0 aromatic carbocycles. The highest BCUT2D eigenvalue weighted by atomic mass is 32.1. The van der Waals surface area contributed by atoms with E-state index in [9.17, 15) is 4.79 Å². The standard InChI is InChI=1S/C16H16N4O2S/c1-3-12-13(19-16(23-12)20-9-4-5-10-20)14(21)18-11-7-6-8-17-15(11)22-2/h4-10H,3H2,1-2H3,(H,18,21). The molecule has 1 amide bonds. The van der Waals surface area contributed by atoms with Crippen molar-refractivity contribution in [3.05, 3.63) is 53.4 Å². The summed E-state index contributed by atoms with van der Waals surface area (Å²) >= 11 is 1.51. The Morgan fingerprint density at radius 2 is 2.13 bits per heavy atom. The van der Waals surface area contributed by atoms with E-state index in [1.807, 2.05) is 36.0 Å². The summed E-state index contributed by atoms with van der Waals surface area (Å²) in [6.07, 6.45) is 6.17. The molecule has 0 aliphatic carbocycles. The third-order valence-electron chi connectivity index (χ3n) is 3.26. The minimum Gasteiger partial charge on any atom is -0.480 e. The number of anilines is 1. The lowest BCUT2D eigenvalue weighted by atomic mass is 10.3. The van der Waals surface area contributed by atoms with Crippen LogP contribution in [0.2, 0.25) is 0 Å². The Hall–Kier alpha value is -2.67. The molecule has 0 unspecified atom stereocenters. The summed E-state index contributed by atoms with van der Waals surface area (Å²) in [5.41, 5.74) is 0.963. The van der Waals surface area contributed by atoms with Gasteiger partial charge in [0.15, 0.2) is 5.13 Å². The van der Waals surface area contributed by atoms with Crippen LogP contribution in [0.25, 0.3) is 5.13 Å². The molecule has 1 N–H and O–H groups in total. The largest absolute Gasteiger partial charge is 0.480 e. The van der Waals surface area contributed by atoms with E-state index in [2.05, 4.69) is 15.3 Å². The second kappa shape index (κ2) is 6.62. The number of carbonyl (C=O) groups excluding carboxylic acids is 1. The Balaban J connectivity index is 1.90. The van der Waals surface area contributed by atoms with Crippen molar-refractivity contribution in [2.24, 2.45) is 0 Å². The highest BCUT2D eigenvalue weighted by Gasteiger charge is 2.19. The summed E-state index contributed by atoms with van der Waals surface area (Å²) in [5.74, 6) is 0.113. The van der Waals surface area contributed by atoms with Crippen LogP contribution >= 0.6 is 11.3 Å². The molecule has 3 aromatic heterocycles. The van der Waals surface area contributed by atoms with E-state index in [1.54, 1.807) is 18.3 Å². The van der Waals surface area contributed by atoms with Crippen LogP contribution in [-0.2, 0) is 6.42 Å². The van der Waals surface area contributed by atoms with Crippen molar-refractivity contribution in [1.82, 2.24) is 14.5 Å². The summed E-state index contributed by atoms with van der Waals surface area (Å²) < 4.78 is 7.05. The molecular formula is C16H16N4O2S. The summed E-state index contributed by atoms with van der Waals surface area (Å²) in [6, 6.07) is 7.33. The van der Waals surface area contributed by atoms with Crippen molar-refractivity contribution in [2.45, 2.75) is 13.3 Å². The zero-order chi connectivity index (χ0) is 16.2. The quantitative estimate of drug-likeness (QED) is 0.781. The number of aromatic nitrogens is 3. The Labute approximate surface area is 137 Å². The van der Waals surface area contributed by atoms with Gasteiger partial charge in [0, 0.05) is 23.5 Å². The summed E-state index contributed by atoms with van der Waals surface area (Å²) in [7, 11) is 1.52. The molecule has 23 heavy (non-hydrogen) atoms. The topological polar surface area (TPSA) is 69.0 Å². The molecule has 0 aliphatic rings. The average molecular weight is 328 g/mol. The van der Waals surface area contributed by atoms with Crippen molar-refractivity contribution in [3.8, 4) is 11.0 Å². The Kier molecular flexibility index (Phi) is 4.38. The minimum atomic E-state index is -0.261. The van der Waals surface area contributed by atoms with Crippen molar-refractivity contribution in [2.75, 3.05) is 12.4 Å². The number of hydrogen-bond acceptors (Lipinski definition) is 5. The van der Waals surface area contributed by atoms with E-state index in [-0.39, 0.29) is 5.91 Å². The highest BCUT2D eigenvalue weighted by molar-refractivity contribution is 7.14. The number of thiazole rings is 1. The predicted octanol–water partition coefficient (Wildman–Crippen LogP) is 3.15. The van der Waals surface area contributed by atoms with Crippen LogP contribution in [0.4, 0.5) is 5.69 Å². The molecule has 0 fully saturated rings. The third-order valence-corrected chi connectivity index (χ3v) is 4.47. The van der Waals surface area contributed by atoms with Crippen molar-refractivity contribution < 1.29 is 9.53 Å². The Morgan fingerprint density at radius 1 is 1.35 bits per heavy atom. The second-order valence-corrected chi connectivity index (χ2v) is 5.79. The number of carbonyl (C=O) groups is 1. The van der Waals surface area contributed by atoms with E-state index in [1.165, 1.54) is 18.4 Å². The van der Waals surface area contributed by atoms with Gasteiger partial charge in [0.2, 0.25) is 5.88 Å². The lowest BCUT2D eigenvalue weighted by Gasteiger charge is -2.08. The highest BCUT2D eigenvalue weighted by Crippen LogP contribution is 2.25. The second-order valence-electron chi connectivity index (χ2n) is 4.73. The summed E-state index contributed by atoms with van der Waals surface area (Å²) in [4.78, 5) is 22.1. The van der Waals surface area contributed by atoms with Crippen molar-refractivity contribution in [1.29, 1.82) is 0 Å². The zero-order valence-corrected chi connectivity index (χ0v) is 13.6. The van der Waals surface area contributed by atoms with Crippen LogP contribution in [0.15, 0.2) is 42.9 Å². The normalized spacial score (nSPS) is 10.5. The maximum Gasteiger partial charge on any atom is 0.275 e. The first-order chi connectivity index (χ1) is 11.2. The molecule has 0 bridgehead atoms. The van der Waals surface area contributed by atoms with E-state index >= 15 is 0 Å². The van der Waals surface area contributed by atoms with Crippen LogP contribution in [0.3, 0.4) is 0 Å². The molecular weight excluding hydrogens is 312 g/mol. The van der Waals surface area contributed by atoms with Crippen LogP contribution in [0, 0.1) is 0 Å². The summed E-state index contributed by atoms with van der Waals surface area (Å²) in [6.45, 7) is 2.01. The van der Waals surface area contributed by atoms with Gasteiger partial charge < -0.3 is 14.6 Å². The van der Waals surface area contributed by atoms with Gasteiger partial charge in [0.25, 0.3) is 5.91 Å². The van der Waals surface area contributed by atoms with Gasteiger partial charge in [-0.2, -0.15) is 0 Å². The van der Waals surface area contributed by atoms with Gasteiger partial charge in [0.05, 0.1) is 7.11 Å². The van der Waals surface area contributed by atoms with Gasteiger partial charge in [-0.1, -0.05) is 6.92 Å². The van der Waals surface area contributed by atoms with Gasteiger partial charge in [-0.05, 0) is 30.7 Å². The molecule has 0 radical (unpaired) electrons. The van der Waals surface area contributed by atoms with E-state index in [4.69, 9.17) is 4.74 Å². The van der Waals surface area contributed by atoms with Crippen molar-refractivity contribution >= 4 is 22.9 Å². The lowest BCUT2D eigenvalue weighted by molar-refractivity contribution is 0.102. The number of nitrogens with one attached hydrogen (secondary N) is 1. The summed E-state index contributed by atoms with van der Waals surface area (Å²) in [5, 5.41) is 3.59. The van der Waals surface area contributed by atoms with Crippen molar-refractivity contribution in [3.63, 3.8) is 0 Å². The zero-order valence-electron chi connectivity index (χ0n) is 12.8. The molecule has 0 atom stereocenters. The Bertz CT molecular complexity index is 811. The average Bonchev–Trinajstić information content (AvgIpc) is 3.24. The number of methoxy groups -OCH3 is 1. The molecule has 3 aromatic rings. The monoisotopic (exact) mass is 328 g/mol. The molecule has 0 saturated carbocycles. The SMILES string of the molecule is CCc1sc(-n2cccc2)nc1C(=O)Nc1cccnc1OC. The molecule has 7 heteroatoms. The van der Waals surface area contributed by atoms with Crippen LogP contribution in [0.1, 0.15) is 22.3 Å². The number of ether oxygens (including phenoxy) is 1. The first-order valence-electron chi connectivity index (χ1n) is 7.16. The minimum absolute atomic E-state index is 0.261. The lowest BCUT2D eigenvalue weighted by Crippen LogP contribution is -2.15. The van der Waals surface area contributed by atoms with Crippen LogP contribution in [-0.4, -0.2) is 27.6 Å². The maximum absolute atomic E-state index is 12.6. The molecule has 0 saturated heterocycles. The maximum atomic E-state index is 12.6. The van der Waals surface area contributed by atoms with Crippen LogP contribution < -0.4 is 10.1 Å². The molecule has 0 aliphatic heterocycles. The fourth-order valence-electron chi connectivity index (χ4n) is 2.16.